The number of nitrogens with two attached hydrogens (primary N) is 1. The Morgan fingerprint density at radius 3 is 2.60 bits per heavy atom. The number of amides is 1. The Hall–Kier alpha value is -1.71. The average molecular weight is 277 g/mol. The van der Waals surface area contributed by atoms with Crippen LogP contribution >= 0.6 is 0 Å². The molecule has 0 radical (unpaired) electrons. The van der Waals surface area contributed by atoms with Gasteiger partial charge >= 0.3 is 0 Å². The first-order valence-corrected chi connectivity index (χ1v) is 7.42. The molecule has 2 unspecified atom stereocenters. The molecule has 0 saturated carbocycles. The molecular formula is C16H27N3O. The van der Waals surface area contributed by atoms with Crippen LogP contribution in [0.1, 0.15) is 50.9 Å². The minimum Gasteiger partial charge on any atom is -0.397 e. The normalized spacial score (nSPS) is 13.6. The van der Waals surface area contributed by atoms with Gasteiger partial charge in [0.05, 0.1) is 11.4 Å². The van der Waals surface area contributed by atoms with E-state index in [4.69, 9.17) is 5.73 Å². The van der Waals surface area contributed by atoms with Gasteiger partial charge in [0.2, 0.25) is 0 Å². The van der Waals surface area contributed by atoms with Gasteiger partial charge in [0.15, 0.2) is 0 Å². The van der Waals surface area contributed by atoms with Crippen molar-refractivity contribution in [1.29, 1.82) is 0 Å². The molecule has 4 N–H and O–H groups in total. The number of anilines is 2. The second-order valence-electron chi connectivity index (χ2n) is 5.46. The maximum atomic E-state index is 11.8. The lowest BCUT2D eigenvalue weighted by atomic mass is 10.00. The molecule has 112 valence electrons. The molecular weight excluding hydrogens is 250 g/mol. The third-order valence-corrected chi connectivity index (χ3v) is 3.51. The van der Waals surface area contributed by atoms with E-state index < -0.39 is 0 Å². The Morgan fingerprint density at radius 1 is 1.30 bits per heavy atom. The van der Waals surface area contributed by atoms with Crippen molar-refractivity contribution < 1.29 is 4.79 Å². The average Bonchev–Trinajstić information content (AvgIpc) is 2.41. The fourth-order valence-corrected chi connectivity index (χ4v) is 2.18. The van der Waals surface area contributed by atoms with Gasteiger partial charge in [-0.2, -0.15) is 0 Å². The Morgan fingerprint density at radius 2 is 2.00 bits per heavy atom. The predicted molar refractivity (Wildman–Crippen MR) is 86.0 cm³/mol. The number of nitrogen functional groups attached to an aromatic ring is 1. The van der Waals surface area contributed by atoms with E-state index in [-0.39, 0.29) is 5.91 Å². The summed E-state index contributed by atoms with van der Waals surface area (Å²) in [5.41, 5.74) is 8.13. The summed E-state index contributed by atoms with van der Waals surface area (Å²) in [6, 6.07) is 5.69. The van der Waals surface area contributed by atoms with Gasteiger partial charge in [-0.1, -0.05) is 20.3 Å². The molecule has 4 nitrogen and oxygen atoms in total. The molecule has 1 aromatic rings. The van der Waals surface area contributed by atoms with Gasteiger partial charge < -0.3 is 16.4 Å². The molecule has 1 aromatic carbocycles. The van der Waals surface area contributed by atoms with Crippen LogP contribution in [0.25, 0.3) is 0 Å². The summed E-state index contributed by atoms with van der Waals surface area (Å²) in [5.74, 6) is 0.607. The van der Waals surface area contributed by atoms with Crippen LogP contribution in [0.2, 0.25) is 0 Å². The van der Waals surface area contributed by atoms with E-state index in [0.29, 0.717) is 29.8 Å². The van der Waals surface area contributed by atoms with Crippen molar-refractivity contribution in [1.82, 2.24) is 5.32 Å². The van der Waals surface area contributed by atoms with Crippen LogP contribution in [0.5, 0.6) is 0 Å². The van der Waals surface area contributed by atoms with E-state index in [1.165, 1.54) is 6.42 Å². The Balaban J connectivity index is 2.78. The van der Waals surface area contributed by atoms with Crippen LogP contribution in [0, 0.1) is 5.92 Å². The number of hydrogen-bond acceptors (Lipinski definition) is 3. The number of carbonyl (C=O) groups is 1. The Kier molecular flexibility index (Phi) is 6.36. The summed E-state index contributed by atoms with van der Waals surface area (Å²) >= 11 is 0. The lowest BCUT2D eigenvalue weighted by Gasteiger charge is -2.20. The zero-order valence-corrected chi connectivity index (χ0v) is 13.0. The van der Waals surface area contributed by atoms with Gasteiger partial charge in [-0.3, -0.25) is 4.79 Å². The zero-order chi connectivity index (χ0) is 15.1. The van der Waals surface area contributed by atoms with E-state index in [1.54, 1.807) is 12.1 Å². The maximum Gasteiger partial charge on any atom is 0.251 e. The summed E-state index contributed by atoms with van der Waals surface area (Å²) in [5, 5.41) is 6.20. The highest BCUT2D eigenvalue weighted by atomic mass is 16.1. The van der Waals surface area contributed by atoms with Crippen molar-refractivity contribution in [3.8, 4) is 0 Å². The first-order valence-electron chi connectivity index (χ1n) is 7.42. The largest absolute Gasteiger partial charge is 0.397 e. The topological polar surface area (TPSA) is 67.2 Å². The van der Waals surface area contributed by atoms with Gasteiger partial charge in [0.1, 0.15) is 0 Å². The molecule has 0 fully saturated rings. The van der Waals surface area contributed by atoms with E-state index in [1.807, 2.05) is 13.0 Å². The molecule has 4 heteroatoms. The summed E-state index contributed by atoms with van der Waals surface area (Å²) < 4.78 is 0. The van der Waals surface area contributed by atoms with Crippen molar-refractivity contribution in [3.05, 3.63) is 23.8 Å². The molecule has 0 aromatic heterocycles. The quantitative estimate of drug-likeness (QED) is 0.670. The smallest absolute Gasteiger partial charge is 0.251 e. The van der Waals surface area contributed by atoms with Crippen LogP contribution in [-0.4, -0.2) is 18.5 Å². The minimum absolute atomic E-state index is 0.0647. The summed E-state index contributed by atoms with van der Waals surface area (Å²) in [7, 11) is 0. The van der Waals surface area contributed by atoms with Crippen molar-refractivity contribution >= 4 is 17.3 Å². The van der Waals surface area contributed by atoms with Gasteiger partial charge in [-0.15, -0.1) is 0 Å². The third-order valence-electron chi connectivity index (χ3n) is 3.51. The van der Waals surface area contributed by atoms with Gasteiger partial charge in [-0.05, 0) is 44.4 Å². The second kappa shape index (κ2) is 7.78. The van der Waals surface area contributed by atoms with Crippen LogP contribution in [0.15, 0.2) is 18.2 Å². The van der Waals surface area contributed by atoms with E-state index in [9.17, 15) is 4.79 Å². The second-order valence-corrected chi connectivity index (χ2v) is 5.46. The molecule has 2 atom stereocenters. The number of hydrogen-bond donors (Lipinski definition) is 3. The molecule has 0 saturated heterocycles. The van der Waals surface area contributed by atoms with Crippen molar-refractivity contribution in [2.75, 3.05) is 17.6 Å². The lowest BCUT2D eigenvalue weighted by molar-refractivity contribution is 0.0956. The van der Waals surface area contributed by atoms with Crippen molar-refractivity contribution in [3.63, 3.8) is 0 Å². The fraction of sp³-hybridized carbons (Fsp3) is 0.562. The van der Waals surface area contributed by atoms with Crippen molar-refractivity contribution in [2.24, 2.45) is 5.92 Å². The minimum atomic E-state index is -0.0647. The zero-order valence-electron chi connectivity index (χ0n) is 13.0. The SMILES string of the molecule is CCNC(=O)c1ccc(N)c(NC(C)CC(C)CC)c1. The highest BCUT2D eigenvalue weighted by Crippen LogP contribution is 2.22. The van der Waals surface area contributed by atoms with E-state index in [0.717, 1.165) is 12.1 Å². The summed E-state index contributed by atoms with van der Waals surface area (Å²) in [6.07, 6.45) is 2.25. The number of benzene rings is 1. The van der Waals surface area contributed by atoms with Crippen molar-refractivity contribution in [2.45, 2.75) is 46.6 Å². The molecule has 0 heterocycles. The molecule has 0 spiro atoms. The standard InChI is InChI=1S/C16H27N3O/c1-5-11(3)9-12(4)19-15-10-13(7-8-14(15)17)16(20)18-6-2/h7-8,10-12,19H,5-6,9,17H2,1-4H3,(H,18,20). The lowest BCUT2D eigenvalue weighted by Crippen LogP contribution is -2.23. The van der Waals surface area contributed by atoms with E-state index in [2.05, 4.69) is 31.4 Å². The first-order chi connectivity index (χ1) is 9.47. The van der Waals surface area contributed by atoms with E-state index >= 15 is 0 Å². The first kappa shape index (κ1) is 16.3. The molecule has 0 aliphatic carbocycles. The third kappa shape index (κ3) is 4.76. The van der Waals surface area contributed by atoms with Crippen LogP contribution in [-0.2, 0) is 0 Å². The molecule has 0 aliphatic rings. The van der Waals surface area contributed by atoms with Crippen LogP contribution in [0.4, 0.5) is 11.4 Å². The molecule has 1 rings (SSSR count). The van der Waals surface area contributed by atoms with Crippen LogP contribution in [0.3, 0.4) is 0 Å². The molecule has 0 bridgehead atoms. The fourth-order valence-electron chi connectivity index (χ4n) is 2.18. The highest BCUT2D eigenvalue weighted by Gasteiger charge is 2.11. The number of carbonyl (C=O) groups excluding carboxylic acids is 1. The monoisotopic (exact) mass is 277 g/mol. The van der Waals surface area contributed by atoms with Gasteiger partial charge in [0.25, 0.3) is 5.91 Å². The maximum absolute atomic E-state index is 11.8. The Labute approximate surface area is 122 Å². The number of rotatable bonds is 7. The van der Waals surface area contributed by atoms with Gasteiger partial charge in [0, 0.05) is 18.2 Å². The molecule has 20 heavy (non-hydrogen) atoms. The van der Waals surface area contributed by atoms with Crippen LogP contribution < -0.4 is 16.4 Å². The summed E-state index contributed by atoms with van der Waals surface area (Å²) in [6.45, 7) is 9.11. The Bertz CT molecular complexity index is 445. The number of nitrogens with one attached hydrogen (secondary N) is 2. The summed E-state index contributed by atoms with van der Waals surface area (Å²) in [4.78, 5) is 11.8. The highest BCUT2D eigenvalue weighted by molar-refractivity contribution is 5.96. The molecule has 0 aliphatic heterocycles. The molecule has 1 amide bonds. The predicted octanol–water partition coefficient (Wildman–Crippen LogP) is 3.26. The van der Waals surface area contributed by atoms with Gasteiger partial charge in [-0.25, -0.2) is 0 Å².